The van der Waals surface area contributed by atoms with E-state index in [4.69, 9.17) is 16.6 Å². The Morgan fingerprint density at radius 3 is 2.47 bits per heavy atom. The molecule has 1 aromatic heterocycles. The Labute approximate surface area is 219 Å². The lowest BCUT2D eigenvalue weighted by Gasteiger charge is -2.18. The van der Waals surface area contributed by atoms with Crippen LogP contribution in [0.1, 0.15) is 63.4 Å². The standard InChI is InChI=1S/C29H38ClFN4O/c1-5-34(6-2)17-8-16-32-27-20-26-24(19-25(27)31)29(36)35(18-7-15-30)28(33-26)14-11-22-9-12-23(13-10-22)21(3)4/h9-14,19-21,32H,5-8,15-18H2,1-4H3/b14-11+. The van der Waals surface area contributed by atoms with Gasteiger partial charge in [-0.15, -0.1) is 11.6 Å². The highest BCUT2D eigenvalue weighted by molar-refractivity contribution is 6.17. The number of alkyl halides is 1. The molecule has 0 aliphatic heterocycles. The first kappa shape index (κ1) is 27.9. The summed E-state index contributed by atoms with van der Waals surface area (Å²) in [5.41, 5.74) is 2.88. The predicted molar refractivity (Wildman–Crippen MR) is 152 cm³/mol. The zero-order chi connectivity index (χ0) is 26.1. The van der Waals surface area contributed by atoms with Crippen molar-refractivity contribution in [3.05, 3.63) is 69.5 Å². The topological polar surface area (TPSA) is 50.2 Å². The molecule has 3 aromatic rings. The molecule has 0 unspecified atom stereocenters. The number of fused-ring (bicyclic) bond motifs is 1. The number of nitrogens with zero attached hydrogens (tertiary/aromatic N) is 3. The maximum absolute atomic E-state index is 14.9. The fourth-order valence-electron chi connectivity index (χ4n) is 4.18. The minimum atomic E-state index is -0.443. The zero-order valence-corrected chi connectivity index (χ0v) is 22.6. The van der Waals surface area contributed by atoms with Gasteiger partial charge in [0.2, 0.25) is 0 Å². The van der Waals surface area contributed by atoms with Gasteiger partial charge in [-0.25, -0.2) is 9.37 Å². The Balaban J connectivity index is 1.91. The van der Waals surface area contributed by atoms with E-state index in [2.05, 4.69) is 62.2 Å². The summed E-state index contributed by atoms with van der Waals surface area (Å²) >= 11 is 5.91. The van der Waals surface area contributed by atoms with Crippen LogP contribution in [0.15, 0.2) is 41.2 Å². The Morgan fingerprint density at radius 2 is 1.83 bits per heavy atom. The molecule has 0 saturated heterocycles. The molecule has 0 spiro atoms. The number of benzene rings is 2. The van der Waals surface area contributed by atoms with E-state index in [1.54, 1.807) is 10.6 Å². The quantitative estimate of drug-likeness (QED) is 0.207. The molecule has 1 heterocycles. The lowest BCUT2D eigenvalue weighted by molar-refractivity contribution is 0.303. The van der Waals surface area contributed by atoms with Crippen LogP contribution < -0.4 is 10.9 Å². The van der Waals surface area contributed by atoms with Crippen LogP contribution >= 0.6 is 11.6 Å². The number of nitrogens with one attached hydrogen (secondary N) is 1. The molecular formula is C29H38ClFN4O. The first-order valence-corrected chi connectivity index (χ1v) is 13.5. The third kappa shape index (κ3) is 7.17. The summed E-state index contributed by atoms with van der Waals surface area (Å²) in [4.78, 5) is 20.4. The highest BCUT2D eigenvalue weighted by Crippen LogP contribution is 2.21. The fraction of sp³-hybridized carbons (Fsp3) is 0.448. The molecular weight excluding hydrogens is 475 g/mol. The Morgan fingerprint density at radius 1 is 1.11 bits per heavy atom. The van der Waals surface area contributed by atoms with Gasteiger partial charge in [0.15, 0.2) is 0 Å². The number of halogens is 2. The summed E-state index contributed by atoms with van der Waals surface area (Å²) in [5, 5.41) is 3.46. The number of hydrogen-bond acceptors (Lipinski definition) is 4. The first-order valence-electron chi connectivity index (χ1n) is 12.9. The van der Waals surface area contributed by atoms with Crippen molar-refractivity contribution in [3.63, 3.8) is 0 Å². The summed E-state index contributed by atoms with van der Waals surface area (Å²) in [6, 6.07) is 11.3. The van der Waals surface area contributed by atoms with Crippen LogP contribution in [-0.2, 0) is 6.54 Å². The molecule has 0 amide bonds. The van der Waals surface area contributed by atoms with Crippen molar-refractivity contribution in [1.29, 1.82) is 0 Å². The van der Waals surface area contributed by atoms with E-state index < -0.39 is 5.82 Å². The van der Waals surface area contributed by atoms with Crippen molar-refractivity contribution in [2.75, 3.05) is 37.4 Å². The summed E-state index contributed by atoms with van der Waals surface area (Å²) < 4.78 is 16.5. The van der Waals surface area contributed by atoms with Gasteiger partial charge in [0, 0.05) is 19.0 Å². The number of rotatable bonds is 13. The van der Waals surface area contributed by atoms with E-state index in [1.807, 2.05) is 12.2 Å². The van der Waals surface area contributed by atoms with Gasteiger partial charge in [0.25, 0.3) is 5.56 Å². The molecule has 2 aromatic carbocycles. The molecule has 3 rings (SSSR count). The van der Waals surface area contributed by atoms with Crippen molar-refractivity contribution in [1.82, 2.24) is 14.5 Å². The Kier molecular flexibility index (Phi) is 10.5. The van der Waals surface area contributed by atoms with E-state index in [-0.39, 0.29) is 10.9 Å². The van der Waals surface area contributed by atoms with Gasteiger partial charge in [-0.05, 0) is 67.7 Å². The number of anilines is 1. The summed E-state index contributed by atoms with van der Waals surface area (Å²) in [6.07, 6.45) is 5.31. The van der Waals surface area contributed by atoms with Crippen molar-refractivity contribution < 1.29 is 4.39 Å². The predicted octanol–water partition coefficient (Wildman–Crippen LogP) is 6.60. The van der Waals surface area contributed by atoms with Crippen LogP contribution in [-0.4, -0.2) is 46.5 Å². The fourth-order valence-corrected chi connectivity index (χ4v) is 4.30. The SMILES string of the molecule is CCN(CC)CCCNc1cc2nc(/C=C/c3ccc(C(C)C)cc3)n(CCCCl)c(=O)c2cc1F. The Bertz CT molecular complexity index is 1220. The molecule has 1 N–H and O–H groups in total. The lowest BCUT2D eigenvalue weighted by Crippen LogP contribution is -2.25. The van der Waals surface area contributed by atoms with Gasteiger partial charge in [-0.2, -0.15) is 0 Å². The second-order valence-electron chi connectivity index (χ2n) is 9.28. The molecule has 0 radical (unpaired) electrons. The van der Waals surface area contributed by atoms with Gasteiger partial charge >= 0.3 is 0 Å². The van der Waals surface area contributed by atoms with E-state index >= 15 is 0 Å². The third-order valence-corrected chi connectivity index (χ3v) is 6.74. The van der Waals surface area contributed by atoms with Crippen LogP contribution in [0.5, 0.6) is 0 Å². The molecule has 0 fully saturated rings. The molecule has 5 nitrogen and oxygen atoms in total. The molecule has 0 aliphatic carbocycles. The minimum absolute atomic E-state index is 0.257. The monoisotopic (exact) mass is 512 g/mol. The minimum Gasteiger partial charge on any atom is -0.383 e. The van der Waals surface area contributed by atoms with Crippen LogP contribution in [0.2, 0.25) is 0 Å². The average molecular weight is 513 g/mol. The smallest absolute Gasteiger partial charge is 0.261 e. The second kappa shape index (κ2) is 13.6. The average Bonchev–Trinajstić information content (AvgIpc) is 2.88. The maximum Gasteiger partial charge on any atom is 0.261 e. The summed E-state index contributed by atoms with van der Waals surface area (Å²) in [5.74, 6) is 0.979. The van der Waals surface area contributed by atoms with Crippen LogP contribution in [0, 0.1) is 5.82 Å². The van der Waals surface area contributed by atoms with Crippen molar-refractivity contribution in [2.45, 2.75) is 53.0 Å². The molecule has 0 aliphatic rings. The third-order valence-electron chi connectivity index (χ3n) is 6.48. The highest BCUT2D eigenvalue weighted by Gasteiger charge is 2.13. The Hall–Kier alpha value is -2.70. The highest BCUT2D eigenvalue weighted by atomic mass is 35.5. The molecule has 0 saturated carbocycles. The summed E-state index contributed by atoms with van der Waals surface area (Å²) in [6.45, 7) is 12.6. The first-order chi connectivity index (χ1) is 17.4. The van der Waals surface area contributed by atoms with E-state index in [9.17, 15) is 9.18 Å². The maximum atomic E-state index is 14.9. The number of hydrogen-bond donors (Lipinski definition) is 1. The number of aromatic nitrogens is 2. The molecule has 7 heteroatoms. The van der Waals surface area contributed by atoms with Crippen molar-refractivity contribution in [2.24, 2.45) is 0 Å². The summed E-state index contributed by atoms with van der Waals surface area (Å²) in [7, 11) is 0. The normalized spacial score (nSPS) is 11.9. The van der Waals surface area contributed by atoms with E-state index in [0.29, 0.717) is 48.3 Å². The van der Waals surface area contributed by atoms with E-state index in [0.717, 1.165) is 31.6 Å². The van der Waals surface area contributed by atoms with Crippen LogP contribution in [0.25, 0.3) is 23.1 Å². The van der Waals surface area contributed by atoms with E-state index in [1.165, 1.54) is 11.6 Å². The second-order valence-corrected chi connectivity index (χ2v) is 9.66. The van der Waals surface area contributed by atoms with Gasteiger partial charge in [0.05, 0.1) is 16.6 Å². The van der Waals surface area contributed by atoms with Crippen LogP contribution in [0.4, 0.5) is 10.1 Å². The molecule has 36 heavy (non-hydrogen) atoms. The molecule has 194 valence electrons. The lowest BCUT2D eigenvalue weighted by atomic mass is 10.0. The molecule has 0 bridgehead atoms. The van der Waals surface area contributed by atoms with Gasteiger partial charge in [-0.3, -0.25) is 9.36 Å². The largest absolute Gasteiger partial charge is 0.383 e. The van der Waals surface area contributed by atoms with Gasteiger partial charge < -0.3 is 10.2 Å². The van der Waals surface area contributed by atoms with Crippen molar-refractivity contribution >= 4 is 40.3 Å². The van der Waals surface area contributed by atoms with Crippen molar-refractivity contribution in [3.8, 4) is 0 Å². The van der Waals surface area contributed by atoms with Crippen LogP contribution in [0.3, 0.4) is 0 Å². The van der Waals surface area contributed by atoms with Gasteiger partial charge in [0.1, 0.15) is 11.6 Å². The molecule has 0 atom stereocenters. The zero-order valence-electron chi connectivity index (χ0n) is 21.9. The van der Waals surface area contributed by atoms with Gasteiger partial charge in [-0.1, -0.05) is 58.0 Å².